The molecule has 0 spiro atoms. The molecule has 0 aliphatic carbocycles. The van der Waals surface area contributed by atoms with Crippen LogP contribution in [0.25, 0.3) is 11.2 Å². The average Bonchev–Trinajstić information content (AvgIpc) is 3.06. The number of imidazole rings is 1. The van der Waals surface area contributed by atoms with Gasteiger partial charge in [-0.2, -0.15) is 4.98 Å². The van der Waals surface area contributed by atoms with Crippen LogP contribution in [0.1, 0.15) is 6.23 Å². The maximum absolute atomic E-state index is 12.3. The summed E-state index contributed by atoms with van der Waals surface area (Å²) in [6.45, 7) is -1.18. The van der Waals surface area contributed by atoms with Crippen molar-refractivity contribution in [1.29, 1.82) is 0 Å². The van der Waals surface area contributed by atoms with E-state index in [9.17, 15) is 19.8 Å². The molecule has 3 rings (SSSR count). The Balaban J connectivity index is 2.09. The second-order valence-electron chi connectivity index (χ2n) is 5.31. The van der Waals surface area contributed by atoms with Crippen molar-refractivity contribution in [1.82, 2.24) is 19.1 Å². The number of rotatable bonds is 4. The summed E-state index contributed by atoms with van der Waals surface area (Å²) < 4.78 is 7.30. The third-order valence-electron chi connectivity index (χ3n) is 3.80. The first kappa shape index (κ1) is 16.3. The lowest BCUT2D eigenvalue weighted by Crippen LogP contribution is -2.33. The number of nitrogens with two attached hydrogens (primary N) is 1. The Morgan fingerprint density at radius 3 is 2.67 bits per heavy atom. The number of aliphatic carboxylic acids is 1. The Morgan fingerprint density at radius 1 is 1.38 bits per heavy atom. The van der Waals surface area contributed by atoms with Crippen molar-refractivity contribution in [3.63, 3.8) is 0 Å². The molecule has 0 amide bonds. The van der Waals surface area contributed by atoms with Crippen molar-refractivity contribution in [2.75, 3.05) is 12.3 Å². The van der Waals surface area contributed by atoms with Gasteiger partial charge in [-0.15, -0.1) is 0 Å². The van der Waals surface area contributed by atoms with Crippen LogP contribution in [-0.2, 0) is 16.1 Å². The van der Waals surface area contributed by atoms with E-state index in [1.807, 2.05) is 0 Å². The zero-order chi connectivity index (χ0) is 17.6. The Labute approximate surface area is 133 Å². The maximum atomic E-state index is 12.3. The van der Waals surface area contributed by atoms with Gasteiger partial charge in [0, 0.05) is 0 Å². The molecule has 1 fully saturated rings. The highest BCUT2D eigenvalue weighted by Crippen LogP contribution is 2.30. The van der Waals surface area contributed by atoms with E-state index in [1.54, 1.807) is 0 Å². The summed E-state index contributed by atoms with van der Waals surface area (Å²) in [6, 6.07) is 0. The molecule has 1 aliphatic heterocycles. The predicted molar refractivity (Wildman–Crippen MR) is 76.8 cm³/mol. The van der Waals surface area contributed by atoms with E-state index in [4.69, 9.17) is 20.7 Å². The number of fused-ring (bicyclic) bond motifs is 1. The highest BCUT2D eigenvalue weighted by molar-refractivity contribution is 5.73. The van der Waals surface area contributed by atoms with Gasteiger partial charge in [0.1, 0.15) is 24.9 Å². The molecule has 24 heavy (non-hydrogen) atoms. The molecule has 2 aromatic rings. The fourth-order valence-corrected chi connectivity index (χ4v) is 2.60. The molecule has 2 aromatic heterocycles. The summed E-state index contributed by atoms with van der Waals surface area (Å²) in [4.78, 5) is 30.9. The van der Waals surface area contributed by atoms with E-state index in [1.165, 1.54) is 4.57 Å². The first-order valence-corrected chi connectivity index (χ1v) is 6.92. The number of aromatic nitrogens is 4. The Bertz CT molecular complexity index is 846. The number of ether oxygens (including phenoxy) is 1. The van der Waals surface area contributed by atoms with Gasteiger partial charge in [0.05, 0.1) is 12.9 Å². The summed E-state index contributed by atoms with van der Waals surface area (Å²) >= 11 is 0. The number of carboxylic acids is 1. The largest absolute Gasteiger partial charge is 0.480 e. The van der Waals surface area contributed by atoms with E-state index in [0.29, 0.717) is 0 Å². The standard InChI is InChI=1S/C12H15N5O7/c13-12-15-9-6(10(23)16(12)1-5(19)20)14-3-17(9)11-8(22)7(21)4(2-18)24-11/h3-4,7-8,11,18,21-22H,1-2H2,(H2,13,15)(H,19,20)/t4-,7-,8-,11-/m1/s1. The fraction of sp³-hybridized carbons (Fsp3) is 0.500. The summed E-state index contributed by atoms with van der Waals surface area (Å²) in [6.07, 6.45) is -3.70. The van der Waals surface area contributed by atoms with Gasteiger partial charge in [-0.3, -0.25) is 18.7 Å². The topological polar surface area (TPSA) is 186 Å². The molecular weight excluding hydrogens is 326 g/mol. The van der Waals surface area contributed by atoms with E-state index >= 15 is 0 Å². The van der Waals surface area contributed by atoms with E-state index in [2.05, 4.69) is 9.97 Å². The monoisotopic (exact) mass is 341 g/mol. The third kappa shape index (κ3) is 2.41. The van der Waals surface area contributed by atoms with Crippen LogP contribution in [0.5, 0.6) is 0 Å². The number of hydrogen-bond acceptors (Lipinski definition) is 9. The molecule has 1 aliphatic rings. The number of nitrogen functional groups attached to an aromatic ring is 1. The van der Waals surface area contributed by atoms with Crippen molar-refractivity contribution in [3.05, 3.63) is 16.7 Å². The number of hydrogen-bond donors (Lipinski definition) is 5. The molecule has 130 valence electrons. The van der Waals surface area contributed by atoms with Crippen LogP contribution in [0.15, 0.2) is 11.1 Å². The van der Waals surface area contributed by atoms with Crippen LogP contribution < -0.4 is 11.3 Å². The van der Waals surface area contributed by atoms with Gasteiger partial charge >= 0.3 is 5.97 Å². The summed E-state index contributed by atoms with van der Waals surface area (Å²) in [7, 11) is 0. The molecular formula is C12H15N5O7. The quantitative estimate of drug-likeness (QED) is 0.380. The van der Waals surface area contributed by atoms with Crippen molar-refractivity contribution < 1.29 is 30.0 Å². The van der Waals surface area contributed by atoms with Crippen molar-refractivity contribution in [2.45, 2.75) is 31.1 Å². The smallest absolute Gasteiger partial charge is 0.323 e. The molecule has 4 atom stereocenters. The molecule has 0 radical (unpaired) electrons. The lowest BCUT2D eigenvalue weighted by atomic mass is 10.1. The van der Waals surface area contributed by atoms with Gasteiger partial charge in [0.15, 0.2) is 17.4 Å². The van der Waals surface area contributed by atoms with Crippen molar-refractivity contribution in [3.8, 4) is 0 Å². The lowest BCUT2D eigenvalue weighted by molar-refractivity contribution is -0.137. The van der Waals surface area contributed by atoms with Crippen LogP contribution >= 0.6 is 0 Å². The highest BCUT2D eigenvalue weighted by Gasteiger charge is 2.44. The highest BCUT2D eigenvalue weighted by atomic mass is 16.6. The van der Waals surface area contributed by atoms with Crippen molar-refractivity contribution in [2.24, 2.45) is 0 Å². The summed E-state index contributed by atoms with van der Waals surface area (Å²) in [5.41, 5.74) is 4.68. The first-order chi connectivity index (χ1) is 11.3. The molecule has 6 N–H and O–H groups in total. The minimum absolute atomic E-state index is 0.0334. The lowest BCUT2D eigenvalue weighted by Gasteiger charge is -2.16. The number of aliphatic hydroxyl groups is 3. The van der Waals surface area contributed by atoms with Gasteiger partial charge in [-0.25, -0.2) is 4.98 Å². The van der Waals surface area contributed by atoms with Crippen LogP contribution in [-0.4, -0.2) is 70.4 Å². The minimum atomic E-state index is -1.39. The Hall–Kier alpha value is -2.54. The van der Waals surface area contributed by atoms with Gasteiger partial charge in [-0.1, -0.05) is 0 Å². The second-order valence-corrected chi connectivity index (χ2v) is 5.31. The van der Waals surface area contributed by atoms with Crippen LogP contribution in [0, 0.1) is 0 Å². The van der Waals surface area contributed by atoms with Gasteiger partial charge in [-0.05, 0) is 0 Å². The molecule has 0 unspecified atom stereocenters. The zero-order valence-corrected chi connectivity index (χ0v) is 12.2. The predicted octanol–water partition coefficient (Wildman–Crippen LogP) is -3.13. The number of aliphatic hydroxyl groups excluding tert-OH is 3. The maximum Gasteiger partial charge on any atom is 0.323 e. The SMILES string of the molecule is Nc1nc2c(ncn2[C@@H]2O[C@H](CO)[C@@H](O)[C@H]2O)c(=O)n1CC(=O)O. The Morgan fingerprint density at radius 2 is 2.08 bits per heavy atom. The van der Waals surface area contributed by atoms with Gasteiger partial charge in [0.2, 0.25) is 5.95 Å². The number of anilines is 1. The van der Waals surface area contributed by atoms with Gasteiger partial charge < -0.3 is 30.9 Å². The number of carboxylic acid groups (broad SMARTS) is 1. The van der Waals surface area contributed by atoms with E-state index < -0.39 is 49.2 Å². The van der Waals surface area contributed by atoms with Crippen molar-refractivity contribution >= 4 is 23.1 Å². The van der Waals surface area contributed by atoms with E-state index in [0.717, 1.165) is 10.9 Å². The second kappa shape index (κ2) is 5.83. The van der Waals surface area contributed by atoms with Crippen LogP contribution in [0.2, 0.25) is 0 Å². The molecule has 12 nitrogen and oxygen atoms in total. The molecule has 1 saturated heterocycles. The summed E-state index contributed by atoms with van der Waals surface area (Å²) in [5.74, 6) is -1.61. The summed E-state index contributed by atoms with van der Waals surface area (Å²) in [5, 5.41) is 37.8. The van der Waals surface area contributed by atoms with Crippen LogP contribution in [0.4, 0.5) is 5.95 Å². The van der Waals surface area contributed by atoms with Crippen LogP contribution in [0.3, 0.4) is 0 Å². The van der Waals surface area contributed by atoms with Gasteiger partial charge in [0.25, 0.3) is 5.56 Å². The normalized spacial score (nSPS) is 27.0. The number of nitrogens with zero attached hydrogens (tertiary/aromatic N) is 4. The zero-order valence-electron chi connectivity index (χ0n) is 12.2. The molecule has 0 bridgehead atoms. The van der Waals surface area contributed by atoms with E-state index in [-0.39, 0.29) is 17.1 Å². The Kier molecular flexibility index (Phi) is 3.96. The molecule has 12 heteroatoms. The average molecular weight is 341 g/mol. The fourth-order valence-electron chi connectivity index (χ4n) is 2.60. The number of carbonyl (C=O) groups is 1. The molecule has 3 heterocycles. The third-order valence-corrected chi connectivity index (χ3v) is 3.80. The minimum Gasteiger partial charge on any atom is -0.480 e. The molecule has 0 saturated carbocycles. The molecule has 0 aromatic carbocycles. The first-order valence-electron chi connectivity index (χ1n) is 6.92.